The molecular weight excluding hydrogens is 574 g/mol. The van der Waals surface area contributed by atoms with Gasteiger partial charge >= 0.3 is 0 Å². The molecule has 7 aromatic carbocycles. The van der Waals surface area contributed by atoms with E-state index >= 15 is 0 Å². The third kappa shape index (κ3) is 4.84. The van der Waals surface area contributed by atoms with Crippen LogP contribution >= 0.6 is 0 Å². The van der Waals surface area contributed by atoms with Crippen LogP contribution < -0.4 is 0 Å². The number of furan rings is 1. The van der Waals surface area contributed by atoms with Gasteiger partial charge in [0.05, 0.1) is 0 Å². The molecule has 0 N–H and O–H groups in total. The first-order valence-electron chi connectivity index (χ1n) is 15.7. The molecule has 0 radical (unpaired) electrons. The van der Waals surface area contributed by atoms with Crippen molar-refractivity contribution in [3.63, 3.8) is 0 Å². The Morgan fingerprint density at radius 2 is 0.830 bits per heavy atom. The molecule has 0 spiro atoms. The highest BCUT2D eigenvalue weighted by atomic mass is 16.3. The summed E-state index contributed by atoms with van der Waals surface area (Å²) in [5.74, 6) is 1.92. The van der Waals surface area contributed by atoms with E-state index in [4.69, 9.17) is 19.4 Å². The molecule has 47 heavy (non-hydrogen) atoms. The summed E-state index contributed by atoms with van der Waals surface area (Å²) < 4.78 is 6.49. The summed E-state index contributed by atoms with van der Waals surface area (Å²) >= 11 is 0. The molecule has 0 unspecified atom stereocenters. The quantitative estimate of drug-likeness (QED) is 0.197. The molecule has 0 bridgehead atoms. The van der Waals surface area contributed by atoms with E-state index in [9.17, 15) is 0 Å². The molecule has 220 valence electrons. The number of fused-ring (bicyclic) bond motifs is 4. The average molecular weight is 602 g/mol. The second-order valence-electron chi connectivity index (χ2n) is 11.6. The van der Waals surface area contributed by atoms with Gasteiger partial charge in [0.2, 0.25) is 0 Å². The third-order valence-corrected chi connectivity index (χ3v) is 8.72. The van der Waals surface area contributed by atoms with Crippen LogP contribution in [0, 0.1) is 0 Å². The number of nitrogens with zero attached hydrogens (tertiary/aromatic N) is 3. The van der Waals surface area contributed by atoms with Gasteiger partial charge < -0.3 is 4.42 Å². The molecule has 9 rings (SSSR count). The molecule has 0 aliphatic heterocycles. The molecule has 2 heterocycles. The normalized spacial score (nSPS) is 11.4. The summed E-state index contributed by atoms with van der Waals surface area (Å²) in [5.41, 5.74) is 9.10. The first kappa shape index (κ1) is 27.0. The molecule has 0 saturated carbocycles. The second-order valence-corrected chi connectivity index (χ2v) is 11.6. The van der Waals surface area contributed by atoms with Crippen molar-refractivity contribution in [2.45, 2.75) is 0 Å². The fourth-order valence-electron chi connectivity index (χ4n) is 6.44. The van der Waals surface area contributed by atoms with E-state index in [-0.39, 0.29) is 0 Å². The maximum Gasteiger partial charge on any atom is 0.164 e. The summed E-state index contributed by atoms with van der Waals surface area (Å²) in [4.78, 5) is 14.7. The Balaban J connectivity index is 1.24. The van der Waals surface area contributed by atoms with Crippen molar-refractivity contribution in [3.8, 4) is 56.4 Å². The molecule has 9 aromatic rings. The van der Waals surface area contributed by atoms with Gasteiger partial charge in [-0.25, -0.2) is 15.0 Å². The van der Waals surface area contributed by atoms with Gasteiger partial charge in [0.15, 0.2) is 17.5 Å². The van der Waals surface area contributed by atoms with Crippen molar-refractivity contribution in [1.82, 2.24) is 15.0 Å². The highest BCUT2D eigenvalue weighted by Crippen LogP contribution is 2.44. The van der Waals surface area contributed by atoms with Crippen LogP contribution in [-0.4, -0.2) is 15.0 Å². The molecule has 0 aliphatic rings. The van der Waals surface area contributed by atoms with E-state index in [0.717, 1.165) is 66.3 Å². The zero-order valence-corrected chi connectivity index (χ0v) is 25.3. The van der Waals surface area contributed by atoms with Gasteiger partial charge in [-0.2, -0.15) is 0 Å². The van der Waals surface area contributed by atoms with Crippen LogP contribution in [0.5, 0.6) is 0 Å². The molecule has 4 nitrogen and oxygen atoms in total. The minimum absolute atomic E-state index is 0.631. The van der Waals surface area contributed by atoms with Gasteiger partial charge in [0, 0.05) is 33.0 Å². The number of hydrogen-bond donors (Lipinski definition) is 0. The fraction of sp³-hybridized carbons (Fsp3) is 0. The van der Waals surface area contributed by atoms with E-state index in [1.54, 1.807) is 0 Å². The first-order valence-corrected chi connectivity index (χ1v) is 15.7. The van der Waals surface area contributed by atoms with Crippen LogP contribution in [0.3, 0.4) is 0 Å². The summed E-state index contributed by atoms with van der Waals surface area (Å²) in [7, 11) is 0. The maximum atomic E-state index is 6.49. The summed E-state index contributed by atoms with van der Waals surface area (Å²) in [6, 6.07) is 56.4. The highest BCUT2D eigenvalue weighted by molar-refractivity contribution is 6.18. The van der Waals surface area contributed by atoms with Crippen molar-refractivity contribution in [2.24, 2.45) is 0 Å². The van der Waals surface area contributed by atoms with Gasteiger partial charge in [-0.15, -0.1) is 0 Å². The zero-order valence-electron chi connectivity index (χ0n) is 25.3. The molecular formula is C43H27N3O. The lowest BCUT2D eigenvalue weighted by molar-refractivity contribution is 0.669. The Morgan fingerprint density at radius 1 is 0.362 bits per heavy atom. The minimum atomic E-state index is 0.631. The van der Waals surface area contributed by atoms with E-state index < -0.39 is 0 Å². The molecule has 0 atom stereocenters. The standard InChI is InChI=1S/C43H27N3O/c1-4-12-28(13-5-1)35-24-25-37-40(36-26-33-18-10-11-19-34(33)27-38(36)47-37)39(35)29-20-22-32(23-21-29)43-45-41(30-14-6-2-7-15-30)44-42(46-43)31-16-8-3-9-17-31/h1-27H. The van der Waals surface area contributed by atoms with Gasteiger partial charge in [0.25, 0.3) is 0 Å². The van der Waals surface area contributed by atoms with Crippen molar-refractivity contribution in [2.75, 3.05) is 0 Å². The molecule has 0 fully saturated rings. The number of rotatable bonds is 5. The Kier molecular flexibility index (Phi) is 6.43. The molecule has 0 aliphatic carbocycles. The highest BCUT2D eigenvalue weighted by Gasteiger charge is 2.19. The lowest BCUT2D eigenvalue weighted by Gasteiger charge is -2.13. The number of aromatic nitrogens is 3. The summed E-state index contributed by atoms with van der Waals surface area (Å²) in [6.07, 6.45) is 0. The number of benzene rings is 7. The van der Waals surface area contributed by atoms with Crippen LogP contribution in [0.1, 0.15) is 0 Å². The van der Waals surface area contributed by atoms with Gasteiger partial charge in [-0.3, -0.25) is 0 Å². The van der Waals surface area contributed by atoms with Crippen molar-refractivity contribution in [1.29, 1.82) is 0 Å². The monoisotopic (exact) mass is 601 g/mol. The van der Waals surface area contributed by atoms with Crippen molar-refractivity contribution < 1.29 is 4.42 Å². The van der Waals surface area contributed by atoms with Crippen molar-refractivity contribution >= 4 is 32.7 Å². The predicted octanol–water partition coefficient (Wildman–Crippen LogP) is 11.3. The minimum Gasteiger partial charge on any atom is -0.456 e. The third-order valence-electron chi connectivity index (χ3n) is 8.72. The Hall–Kier alpha value is -6.39. The van der Waals surface area contributed by atoms with Crippen LogP contribution in [0.2, 0.25) is 0 Å². The van der Waals surface area contributed by atoms with E-state index in [2.05, 4.69) is 103 Å². The SMILES string of the molecule is c1ccc(-c2nc(-c3ccccc3)nc(-c3ccc(-c4c(-c5ccccc5)ccc5oc6cc7ccccc7cc6c45)cc3)n2)cc1. The molecule has 0 amide bonds. The summed E-state index contributed by atoms with van der Waals surface area (Å²) in [5, 5.41) is 4.56. The predicted molar refractivity (Wildman–Crippen MR) is 192 cm³/mol. The van der Waals surface area contributed by atoms with Crippen LogP contribution in [0.25, 0.3) is 89.1 Å². The molecule has 0 saturated heterocycles. The van der Waals surface area contributed by atoms with E-state index in [1.807, 2.05) is 60.7 Å². The Bertz CT molecular complexity index is 2480. The van der Waals surface area contributed by atoms with Gasteiger partial charge in [-0.1, -0.05) is 146 Å². The first-order chi connectivity index (χ1) is 23.3. The molecule has 4 heteroatoms. The topological polar surface area (TPSA) is 51.8 Å². The number of hydrogen-bond acceptors (Lipinski definition) is 4. The molecule has 2 aromatic heterocycles. The lowest BCUT2D eigenvalue weighted by atomic mass is 9.90. The fourth-order valence-corrected chi connectivity index (χ4v) is 6.44. The Morgan fingerprint density at radius 3 is 1.40 bits per heavy atom. The largest absolute Gasteiger partial charge is 0.456 e. The van der Waals surface area contributed by atoms with Crippen LogP contribution in [0.15, 0.2) is 168 Å². The van der Waals surface area contributed by atoms with Gasteiger partial charge in [-0.05, 0) is 45.7 Å². The van der Waals surface area contributed by atoms with E-state index in [0.29, 0.717) is 17.5 Å². The average Bonchev–Trinajstić information content (AvgIpc) is 3.52. The summed E-state index contributed by atoms with van der Waals surface area (Å²) in [6.45, 7) is 0. The second kappa shape index (κ2) is 11.2. The van der Waals surface area contributed by atoms with Crippen LogP contribution in [0.4, 0.5) is 0 Å². The smallest absolute Gasteiger partial charge is 0.164 e. The lowest BCUT2D eigenvalue weighted by Crippen LogP contribution is -2.00. The van der Waals surface area contributed by atoms with E-state index in [1.165, 1.54) is 5.39 Å². The Labute approximate surface area is 271 Å². The van der Waals surface area contributed by atoms with Crippen molar-refractivity contribution in [3.05, 3.63) is 164 Å². The maximum absolute atomic E-state index is 6.49. The van der Waals surface area contributed by atoms with Crippen LogP contribution in [-0.2, 0) is 0 Å². The van der Waals surface area contributed by atoms with Gasteiger partial charge in [0.1, 0.15) is 11.2 Å². The zero-order chi connectivity index (χ0) is 31.2.